The predicted molar refractivity (Wildman–Crippen MR) is 44.9 cm³/mol. The van der Waals surface area contributed by atoms with Crippen molar-refractivity contribution in [1.82, 2.24) is 9.61 Å². The minimum Gasteiger partial charge on any atom is -0.222 e. The standard InChI is InChI=1S/C8H4ClN3/c9-8-2-1-7-3-6(4-10)5-11-12(7)8/h1-3,5H. The van der Waals surface area contributed by atoms with Crippen LogP contribution in [0.25, 0.3) is 5.52 Å². The fraction of sp³-hybridized carbons (Fsp3) is 0. The Bertz CT molecular complexity index is 467. The first-order valence-corrected chi connectivity index (χ1v) is 3.72. The van der Waals surface area contributed by atoms with Crippen molar-refractivity contribution in [3.05, 3.63) is 35.1 Å². The monoisotopic (exact) mass is 177 g/mol. The number of rotatable bonds is 0. The summed E-state index contributed by atoms with van der Waals surface area (Å²) in [6, 6.07) is 7.30. The first-order valence-electron chi connectivity index (χ1n) is 3.34. The van der Waals surface area contributed by atoms with E-state index in [1.807, 2.05) is 12.1 Å². The van der Waals surface area contributed by atoms with Gasteiger partial charge in [-0.3, -0.25) is 0 Å². The zero-order chi connectivity index (χ0) is 8.55. The average molecular weight is 178 g/mol. The normalized spacial score (nSPS) is 10.0. The Balaban J connectivity index is 2.80. The third-order valence-corrected chi connectivity index (χ3v) is 1.87. The zero-order valence-electron chi connectivity index (χ0n) is 6.03. The first kappa shape index (κ1) is 7.14. The van der Waals surface area contributed by atoms with Gasteiger partial charge in [0.2, 0.25) is 0 Å². The molecule has 12 heavy (non-hydrogen) atoms. The van der Waals surface area contributed by atoms with Gasteiger partial charge in [0.05, 0.1) is 17.3 Å². The van der Waals surface area contributed by atoms with E-state index in [2.05, 4.69) is 5.10 Å². The van der Waals surface area contributed by atoms with Gasteiger partial charge in [-0.15, -0.1) is 0 Å². The summed E-state index contributed by atoms with van der Waals surface area (Å²) < 4.78 is 1.57. The van der Waals surface area contributed by atoms with Crippen molar-refractivity contribution in [3.8, 4) is 6.07 Å². The fourth-order valence-corrected chi connectivity index (χ4v) is 1.23. The van der Waals surface area contributed by atoms with E-state index in [-0.39, 0.29) is 0 Å². The van der Waals surface area contributed by atoms with Crippen molar-refractivity contribution in [2.45, 2.75) is 0 Å². The number of hydrogen-bond acceptors (Lipinski definition) is 2. The van der Waals surface area contributed by atoms with E-state index in [0.29, 0.717) is 10.7 Å². The van der Waals surface area contributed by atoms with Crippen molar-refractivity contribution in [2.75, 3.05) is 0 Å². The summed E-state index contributed by atoms with van der Waals surface area (Å²) in [4.78, 5) is 0. The third kappa shape index (κ3) is 0.936. The number of hydrogen-bond donors (Lipinski definition) is 0. The molecule has 2 rings (SSSR count). The molecule has 0 aliphatic heterocycles. The zero-order valence-corrected chi connectivity index (χ0v) is 6.78. The molecule has 0 bridgehead atoms. The molecule has 0 amide bonds. The molecule has 0 atom stereocenters. The SMILES string of the molecule is N#Cc1cnn2c(Cl)ccc2c1. The molecule has 0 aromatic carbocycles. The van der Waals surface area contributed by atoms with Crippen LogP contribution in [0, 0.1) is 11.3 Å². The second-order valence-electron chi connectivity index (χ2n) is 2.35. The number of aromatic nitrogens is 2. The van der Waals surface area contributed by atoms with Crippen LogP contribution in [0.2, 0.25) is 5.15 Å². The predicted octanol–water partition coefficient (Wildman–Crippen LogP) is 1.86. The molecular weight excluding hydrogens is 174 g/mol. The van der Waals surface area contributed by atoms with Crippen LogP contribution in [0.5, 0.6) is 0 Å². The maximum atomic E-state index is 8.57. The highest BCUT2D eigenvalue weighted by Crippen LogP contribution is 2.13. The van der Waals surface area contributed by atoms with Crippen molar-refractivity contribution >= 4 is 17.1 Å². The lowest BCUT2D eigenvalue weighted by atomic mass is 10.3. The van der Waals surface area contributed by atoms with Gasteiger partial charge in [0.1, 0.15) is 11.2 Å². The molecule has 2 aromatic rings. The molecule has 0 saturated carbocycles. The van der Waals surface area contributed by atoms with Crippen LogP contribution in [-0.2, 0) is 0 Å². The molecule has 0 unspecified atom stereocenters. The Kier molecular flexibility index (Phi) is 1.49. The Hall–Kier alpha value is -1.53. The largest absolute Gasteiger partial charge is 0.222 e. The quantitative estimate of drug-likeness (QED) is 0.616. The Morgan fingerprint density at radius 1 is 1.50 bits per heavy atom. The van der Waals surface area contributed by atoms with Crippen molar-refractivity contribution in [1.29, 1.82) is 5.26 Å². The lowest BCUT2D eigenvalue weighted by Crippen LogP contribution is -1.90. The summed E-state index contributed by atoms with van der Waals surface area (Å²) in [6.45, 7) is 0. The van der Waals surface area contributed by atoms with Gasteiger partial charge < -0.3 is 0 Å². The van der Waals surface area contributed by atoms with Gasteiger partial charge in [0, 0.05) is 0 Å². The fourth-order valence-electron chi connectivity index (χ4n) is 1.03. The molecule has 3 nitrogen and oxygen atoms in total. The van der Waals surface area contributed by atoms with E-state index in [1.54, 1.807) is 16.6 Å². The van der Waals surface area contributed by atoms with E-state index in [0.717, 1.165) is 5.52 Å². The van der Waals surface area contributed by atoms with Crippen LogP contribution in [0.3, 0.4) is 0 Å². The maximum absolute atomic E-state index is 8.57. The van der Waals surface area contributed by atoms with Crippen LogP contribution in [0.1, 0.15) is 5.56 Å². The summed E-state index contributed by atoms with van der Waals surface area (Å²) in [5.74, 6) is 0. The molecule has 58 valence electrons. The van der Waals surface area contributed by atoms with Gasteiger partial charge in [-0.05, 0) is 18.2 Å². The molecule has 0 radical (unpaired) electrons. The lowest BCUT2D eigenvalue weighted by Gasteiger charge is -1.93. The van der Waals surface area contributed by atoms with Gasteiger partial charge in [0.15, 0.2) is 0 Å². The first-order chi connectivity index (χ1) is 5.81. The number of nitrogens with zero attached hydrogens (tertiary/aromatic N) is 3. The second-order valence-corrected chi connectivity index (χ2v) is 2.74. The van der Waals surface area contributed by atoms with E-state index in [1.165, 1.54) is 6.20 Å². The summed E-state index contributed by atoms with van der Waals surface area (Å²) >= 11 is 5.79. The third-order valence-electron chi connectivity index (χ3n) is 1.58. The topological polar surface area (TPSA) is 41.1 Å². The number of nitriles is 1. The molecule has 2 aromatic heterocycles. The van der Waals surface area contributed by atoms with E-state index in [4.69, 9.17) is 16.9 Å². The maximum Gasteiger partial charge on any atom is 0.131 e. The number of fused-ring (bicyclic) bond motifs is 1. The minimum atomic E-state index is 0.539. The summed E-state index contributed by atoms with van der Waals surface area (Å²) in [6.07, 6.45) is 1.48. The molecule has 2 heterocycles. The molecule has 0 fully saturated rings. The summed E-state index contributed by atoms with van der Waals surface area (Å²) in [5.41, 5.74) is 1.37. The van der Waals surface area contributed by atoms with Gasteiger partial charge in [0.25, 0.3) is 0 Å². The smallest absolute Gasteiger partial charge is 0.131 e. The van der Waals surface area contributed by atoms with E-state index < -0.39 is 0 Å². The Morgan fingerprint density at radius 3 is 3.08 bits per heavy atom. The van der Waals surface area contributed by atoms with Crippen LogP contribution in [0.4, 0.5) is 0 Å². The van der Waals surface area contributed by atoms with Crippen molar-refractivity contribution in [2.24, 2.45) is 0 Å². The molecule has 0 spiro atoms. The molecule has 0 N–H and O–H groups in total. The highest BCUT2D eigenvalue weighted by molar-refractivity contribution is 6.29. The molecule has 0 saturated heterocycles. The summed E-state index contributed by atoms with van der Waals surface area (Å²) in [5, 5.41) is 13.1. The highest BCUT2D eigenvalue weighted by atomic mass is 35.5. The van der Waals surface area contributed by atoms with Crippen LogP contribution in [-0.4, -0.2) is 9.61 Å². The molecule has 0 aliphatic carbocycles. The Morgan fingerprint density at radius 2 is 2.33 bits per heavy atom. The van der Waals surface area contributed by atoms with E-state index >= 15 is 0 Å². The van der Waals surface area contributed by atoms with Gasteiger partial charge in [-0.1, -0.05) is 11.6 Å². The van der Waals surface area contributed by atoms with Gasteiger partial charge in [-0.2, -0.15) is 10.4 Å². The molecular formula is C8H4ClN3. The van der Waals surface area contributed by atoms with Gasteiger partial charge in [-0.25, -0.2) is 4.52 Å². The number of halogens is 1. The Labute approximate surface area is 73.8 Å². The van der Waals surface area contributed by atoms with E-state index in [9.17, 15) is 0 Å². The molecule has 4 heteroatoms. The van der Waals surface area contributed by atoms with Crippen LogP contribution in [0.15, 0.2) is 24.4 Å². The van der Waals surface area contributed by atoms with Gasteiger partial charge >= 0.3 is 0 Å². The average Bonchev–Trinajstić information content (AvgIpc) is 2.47. The van der Waals surface area contributed by atoms with Crippen LogP contribution >= 0.6 is 11.6 Å². The highest BCUT2D eigenvalue weighted by Gasteiger charge is 1.99. The minimum absolute atomic E-state index is 0.539. The van der Waals surface area contributed by atoms with Crippen molar-refractivity contribution < 1.29 is 0 Å². The molecule has 0 aliphatic rings. The second kappa shape index (κ2) is 2.50. The lowest BCUT2D eigenvalue weighted by molar-refractivity contribution is 0.938. The summed E-state index contributed by atoms with van der Waals surface area (Å²) in [7, 11) is 0. The van der Waals surface area contributed by atoms with Crippen LogP contribution < -0.4 is 0 Å². The van der Waals surface area contributed by atoms with Crippen molar-refractivity contribution in [3.63, 3.8) is 0 Å².